The Hall–Kier alpha value is -1.36. The lowest BCUT2D eigenvalue weighted by Gasteiger charge is -2.15. The highest BCUT2D eigenvalue weighted by Crippen LogP contribution is 2.16. The highest BCUT2D eigenvalue weighted by atomic mass is 16.2. The first-order valence-electron chi connectivity index (χ1n) is 5.20. The summed E-state index contributed by atoms with van der Waals surface area (Å²) in [4.78, 5) is 11.9. The first-order valence-corrected chi connectivity index (χ1v) is 5.20. The molecule has 5 heteroatoms. The van der Waals surface area contributed by atoms with Gasteiger partial charge in [0.25, 0.3) is 0 Å². The maximum atomic E-state index is 11.9. The molecule has 0 aliphatic carbocycles. The van der Waals surface area contributed by atoms with E-state index < -0.39 is 0 Å². The standard InChI is InChI=1S/C10H16N4O/c1-7-3-5-11-9(7)10(15)13-8-4-6-12-14(8)2/h4,6-7,9,11H,3,5H2,1-2H3,(H,13,15). The molecule has 1 aliphatic heterocycles. The van der Waals surface area contributed by atoms with Crippen LogP contribution < -0.4 is 10.6 Å². The topological polar surface area (TPSA) is 59.0 Å². The number of hydrogen-bond donors (Lipinski definition) is 2. The summed E-state index contributed by atoms with van der Waals surface area (Å²) >= 11 is 0. The van der Waals surface area contributed by atoms with Gasteiger partial charge in [0.1, 0.15) is 5.82 Å². The van der Waals surface area contributed by atoms with Crippen molar-refractivity contribution in [2.24, 2.45) is 13.0 Å². The van der Waals surface area contributed by atoms with Crippen molar-refractivity contribution in [2.75, 3.05) is 11.9 Å². The quantitative estimate of drug-likeness (QED) is 0.737. The van der Waals surface area contributed by atoms with Gasteiger partial charge in [-0.25, -0.2) is 0 Å². The summed E-state index contributed by atoms with van der Waals surface area (Å²) in [5.74, 6) is 1.17. The molecule has 0 aromatic carbocycles. The molecule has 0 spiro atoms. The Bertz CT molecular complexity index is 360. The number of nitrogens with one attached hydrogen (secondary N) is 2. The highest BCUT2D eigenvalue weighted by Gasteiger charge is 2.29. The average Bonchev–Trinajstić information content (AvgIpc) is 2.76. The fourth-order valence-electron chi connectivity index (χ4n) is 1.89. The summed E-state index contributed by atoms with van der Waals surface area (Å²) in [6.07, 6.45) is 2.73. The molecule has 0 radical (unpaired) electrons. The van der Waals surface area contributed by atoms with Gasteiger partial charge in [0.05, 0.1) is 12.2 Å². The Kier molecular flexibility index (Phi) is 2.73. The molecule has 1 aromatic rings. The number of carbonyl (C=O) groups is 1. The van der Waals surface area contributed by atoms with E-state index in [9.17, 15) is 4.79 Å². The van der Waals surface area contributed by atoms with Crippen molar-refractivity contribution in [3.8, 4) is 0 Å². The Labute approximate surface area is 88.8 Å². The van der Waals surface area contributed by atoms with Crippen molar-refractivity contribution < 1.29 is 4.79 Å². The molecule has 2 N–H and O–H groups in total. The number of anilines is 1. The number of amides is 1. The van der Waals surface area contributed by atoms with E-state index >= 15 is 0 Å². The van der Waals surface area contributed by atoms with Gasteiger partial charge in [-0.05, 0) is 18.9 Å². The molecule has 15 heavy (non-hydrogen) atoms. The lowest BCUT2D eigenvalue weighted by Crippen LogP contribution is -2.39. The van der Waals surface area contributed by atoms with Gasteiger partial charge in [-0.2, -0.15) is 5.10 Å². The van der Waals surface area contributed by atoms with E-state index in [1.54, 1.807) is 24.0 Å². The van der Waals surface area contributed by atoms with Crippen LogP contribution in [-0.4, -0.2) is 28.3 Å². The lowest BCUT2D eigenvalue weighted by atomic mass is 10.0. The molecule has 1 aliphatic rings. The third-order valence-electron chi connectivity index (χ3n) is 2.89. The van der Waals surface area contributed by atoms with Crippen molar-refractivity contribution in [1.82, 2.24) is 15.1 Å². The summed E-state index contributed by atoms with van der Waals surface area (Å²) in [7, 11) is 1.81. The molecule has 1 aromatic heterocycles. The number of nitrogens with zero attached hydrogens (tertiary/aromatic N) is 2. The maximum Gasteiger partial charge on any atom is 0.242 e. The zero-order valence-corrected chi connectivity index (χ0v) is 9.03. The molecule has 0 saturated carbocycles. The van der Waals surface area contributed by atoms with Crippen LogP contribution >= 0.6 is 0 Å². The first-order chi connectivity index (χ1) is 7.18. The van der Waals surface area contributed by atoms with E-state index in [1.165, 1.54) is 0 Å². The second kappa shape index (κ2) is 4.02. The number of hydrogen-bond acceptors (Lipinski definition) is 3. The van der Waals surface area contributed by atoms with E-state index in [0.717, 1.165) is 18.8 Å². The Morgan fingerprint density at radius 2 is 2.53 bits per heavy atom. The van der Waals surface area contributed by atoms with Crippen LogP contribution in [0.1, 0.15) is 13.3 Å². The zero-order chi connectivity index (χ0) is 10.8. The van der Waals surface area contributed by atoms with Gasteiger partial charge >= 0.3 is 0 Å². The molecule has 0 bridgehead atoms. The number of carbonyl (C=O) groups excluding carboxylic acids is 1. The van der Waals surface area contributed by atoms with Gasteiger partial charge in [-0.15, -0.1) is 0 Å². The van der Waals surface area contributed by atoms with E-state index in [1.807, 2.05) is 0 Å². The molecule has 2 heterocycles. The van der Waals surface area contributed by atoms with Crippen molar-refractivity contribution in [2.45, 2.75) is 19.4 Å². The van der Waals surface area contributed by atoms with Crippen LogP contribution in [0.3, 0.4) is 0 Å². The van der Waals surface area contributed by atoms with E-state index in [2.05, 4.69) is 22.7 Å². The predicted molar refractivity (Wildman–Crippen MR) is 57.4 cm³/mol. The fraction of sp³-hybridized carbons (Fsp3) is 0.600. The van der Waals surface area contributed by atoms with Crippen LogP contribution in [0, 0.1) is 5.92 Å². The summed E-state index contributed by atoms with van der Waals surface area (Å²) in [6.45, 7) is 3.01. The number of aromatic nitrogens is 2. The van der Waals surface area contributed by atoms with Gasteiger partial charge in [-0.1, -0.05) is 6.92 Å². The molecule has 2 unspecified atom stereocenters. The summed E-state index contributed by atoms with van der Waals surface area (Å²) in [5, 5.41) is 10.1. The van der Waals surface area contributed by atoms with Crippen LogP contribution in [0.5, 0.6) is 0 Å². The molecule has 2 rings (SSSR count). The van der Waals surface area contributed by atoms with Gasteiger partial charge in [0, 0.05) is 13.1 Å². The van der Waals surface area contributed by atoms with Crippen LogP contribution in [0.4, 0.5) is 5.82 Å². The molecule has 1 saturated heterocycles. The second-order valence-electron chi connectivity index (χ2n) is 4.03. The minimum atomic E-state index is -0.0695. The van der Waals surface area contributed by atoms with Gasteiger partial charge < -0.3 is 10.6 Å². The maximum absolute atomic E-state index is 11.9. The van der Waals surface area contributed by atoms with Crippen molar-refractivity contribution in [1.29, 1.82) is 0 Å². The lowest BCUT2D eigenvalue weighted by molar-refractivity contribution is -0.118. The van der Waals surface area contributed by atoms with E-state index in [-0.39, 0.29) is 11.9 Å². The molecular weight excluding hydrogens is 192 g/mol. The van der Waals surface area contributed by atoms with Gasteiger partial charge in [-0.3, -0.25) is 9.48 Å². The number of rotatable bonds is 2. The summed E-state index contributed by atoms with van der Waals surface area (Å²) < 4.78 is 1.65. The molecule has 1 fully saturated rings. The normalized spacial score (nSPS) is 25.5. The average molecular weight is 208 g/mol. The Balaban J connectivity index is 2.01. The Morgan fingerprint density at radius 1 is 1.73 bits per heavy atom. The minimum absolute atomic E-state index is 0.0311. The van der Waals surface area contributed by atoms with Crippen LogP contribution in [-0.2, 0) is 11.8 Å². The van der Waals surface area contributed by atoms with E-state index in [0.29, 0.717) is 5.92 Å². The predicted octanol–water partition coefficient (Wildman–Crippen LogP) is 0.357. The SMILES string of the molecule is CC1CCNC1C(=O)Nc1ccnn1C. The van der Waals surface area contributed by atoms with Crippen molar-refractivity contribution >= 4 is 11.7 Å². The van der Waals surface area contributed by atoms with Gasteiger partial charge in [0.15, 0.2) is 0 Å². The minimum Gasteiger partial charge on any atom is -0.310 e. The molecule has 2 atom stereocenters. The fourth-order valence-corrected chi connectivity index (χ4v) is 1.89. The second-order valence-corrected chi connectivity index (χ2v) is 4.03. The molecule has 1 amide bonds. The summed E-state index contributed by atoms with van der Waals surface area (Å²) in [5.41, 5.74) is 0. The van der Waals surface area contributed by atoms with Crippen LogP contribution in [0.15, 0.2) is 12.3 Å². The first kappa shape index (κ1) is 10.2. The largest absolute Gasteiger partial charge is 0.310 e. The van der Waals surface area contributed by atoms with Crippen molar-refractivity contribution in [3.63, 3.8) is 0 Å². The molecule has 5 nitrogen and oxygen atoms in total. The molecular formula is C10H16N4O. The van der Waals surface area contributed by atoms with Crippen LogP contribution in [0.25, 0.3) is 0 Å². The summed E-state index contributed by atoms with van der Waals surface area (Å²) in [6, 6.07) is 1.72. The Morgan fingerprint density at radius 3 is 3.07 bits per heavy atom. The van der Waals surface area contributed by atoms with Crippen molar-refractivity contribution in [3.05, 3.63) is 12.3 Å². The van der Waals surface area contributed by atoms with E-state index in [4.69, 9.17) is 0 Å². The number of aryl methyl sites for hydroxylation is 1. The van der Waals surface area contributed by atoms with Crippen LogP contribution in [0.2, 0.25) is 0 Å². The monoisotopic (exact) mass is 208 g/mol. The third kappa shape index (κ3) is 2.02. The zero-order valence-electron chi connectivity index (χ0n) is 9.03. The highest BCUT2D eigenvalue weighted by molar-refractivity contribution is 5.94. The van der Waals surface area contributed by atoms with Gasteiger partial charge in [0.2, 0.25) is 5.91 Å². The third-order valence-corrected chi connectivity index (χ3v) is 2.89. The smallest absolute Gasteiger partial charge is 0.242 e. The molecule has 82 valence electrons.